The van der Waals surface area contributed by atoms with Crippen molar-refractivity contribution in [3.8, 4) is 28.8 Å². The second kappa shape index (κ2) is 8.39. The highest BCUT2D eigenvalue weighted by Gasteiger charge is 2.21. The van der Waals surface area contributed by atoms with Crippen LogP contribution in [-0.4, -0.2) is 37.4 Å². The van der Waals surface area contributed by atoms with E-state index in [1.807, 2.05) is 13.0 Å². The first-order valence-corrected chi connectivity index (χ1v) is 9.44. The van der Waals surface area contributed by atoms with Crippen molar-refractivity contribution in [1.29, 1.82) is 0 Å². The molecule has 0 saturated heterocycles. The fraction of sp³-hybridized carbons (Fsp3) is 0.227. The minimum absolute atomic E-state index is 0.172. The number of nitrogens with one attached hydrogen (secondary N) is 1. The monoisotopic (exact) mass is 423 g/mol. The van der Waals surface area contributed by atoms with Gasteiger partial charge < -0.3 is 28.5 Å². The molecule has 31 heavy (non-hydrogen) atoms. The number of benzene rings is 2. The van der Waals surface area contributed by atoms with Crippen LogP contribution in [0.2, 0.25) is 0 Å². The Bertz CT molecular complexity index is 1240. The van der Waals surface area contributed by atoms with Gasteiger partial charge in [-0.2, -0.15) is 4.98 Å². The molecule has 160 valence electrons. The Balaban J connectivity index is 1.53. The quantitative estimate of drug-likeness (QED) is 0.479. The summed E-state index contributed by atoms with van der Waals surface area (Å²) in [7, 11) is 4.73. The number of amides is 1. The predicted molar refractivity (Wildman–Crippen MR) is 112 cm³/mol. The molecule has 2 aromatic heterocycles. The maximum Gasteiger partial charge on any atom is 0.316 e. The fourth-order valence-corrected chi connectivity index (χ4v) is 3.22. The number of methoxy groups -OCH3 is 3. The van der Waals surface area contributed by atoms with Crippen molar-refractivity contribution in [2.75, 3.05) is 21.3 Å². The van der Waals surface area contributed by atoms with Crippen LogP contribution >= 0.6 is 0 Å². The van der Waals surface area contributed by atoms with Crippen LogP contribution in [0, 0.1) is 6.92 Å². The largest absolute Gasteiger partial charge is 0.497 e. The topological polar surface area (TPSA) is 109 Å². The minimum Gasteiger partial charge on any atom is -0.497 e. The Labute approximate surface area is 177 Å². The molecule has 4 rings (SSSR count). The van der Waals surface area contributed by atoms with Crippen LogP contribution in [0.25, 0.3) is 22.6 Å². The van der Waals surface area contributed by atoms with Crippen LogP contribution < -0.4 is 19.5 Å². The maximum atomic E-state index is 12.5. The molecule has 1 amide bonds. The number of ether oxygens (including phenoxy) is 3. The lowest BCUT2D eigenvalue weighted by Gasteiger charge is -2.10. The van der Waals surface area contributed by atoms with Gasteiger partial charge in [-0.15, -0.1) is 0 Å². The average Bonchev–Trinajstić information content (AvgIpc) is 3.42. The van der Waals surface area contributed by atoms with Gasteiger partial charge in [-0.1, -0.05) is 5.16 Å². The number of hydrogen-bond donors (Lipinski definition) is 1. The van der Waals surface area contributed by atoms with Crippen LogP contribution in [0.15, 0.2) is 45.3 Å². The number of rotatable bonds is 7. The predicted octanol–water partition coefficient (Wildman–Crippen LogP) is 3.75. The highest BCUT2D eigenvalue weighted by atomic mass is 16.5. The van der Waals surface area contributed by atoms with E-state index in [0.717, 1.165) is 16.5 Å². The van der Waals surface area contributed by atoms with Crippen molar-refractivity contribution in [3.05, 3.63) is 53.4 Å². The second-order valence-corrected chi connectivity index (χ2v) is 6.70. The van der Waals surface area contributed by atoms with Crippen LogP contribution in [0.4, 0.5) is 0 Å². The van der Waals surface area contributed by atoms with E-state index in [2.05, 4.69) is 15.5 Å². The summed E-state index contributed by atoms with van der Waals surface area (Å²) >= 11 is 0. The van der Waals surface area contributed by atoms with Crippen molar-refractivity contribution >= 4 is 16.9 Å². The van der Waals surface area contributed by atoms with E-state index in [1.165, 1.54) is 0 Å². The van der Waals surface area contributed by atoms with E-state index in [4.69, 9.17) is 23.2 Å². The Kier molecular flexibility index (Phi) is 5.48. The van der Waals surface area contributed by atoms with Gasteiger partial charge >= 0.3 is 11.8 Å². The molecular formula is C22H21N3O6. The summed E-state index contributed by atoms with van der Waals surface area (Å²) in [5, 5.41) is 7.52. The van der Waals surface area contributed by atoms with E-state index in [0.29, 0.717) is 28.6 Å². The van der Waals surface area contributed by atoms with Gasteiger partial charge in [0, 0.05) is 23.1 Å². The van der Waals surface area contributed by atoms with Crippen molar-refractivity contribution < 1.29 is 27.9 Å². The number of furan rings is 1. The molecule has 1 N–H and O–H groups in total. The number of aromatic nitrogens is 2. The van der Waals surface area contributed by atoms with E-state index in [9.17, 15) is 4.79 Å². The molecule has 0 aliphatic rings. The molecule has 9 nitrogen and oxygen atoms in total. The molecule has 0 spiro atoms. The van der Waals surface area contributed by atoms with Gasteiger partial charge in [-0.05, 0) is 43.3 Å². The number of carbonyl (C=O) groups is 1. The summed E-state index contributed by atoms with van der Waals surface area (Å²) in [5.74, 6) is 1.93. The molecular weight excluding hydrogens is 402 g/mol. The van der Waals surface area contributed by atoms with Crippen LogP contribution in [0.1, 0.15) is 21.8 Å². The molecule has 0 fully saturated rings. The van der Waals surface area contributed by atoms with Crippen LogP contribution in [0.3, 0.4) is 0 Å². The first-order valence-electron chi connectivity index (χ1n) is 9.44. The molecule has 2 aromatic carbocycles. The molecule has 0 aliphatic carbocycles. The molecule has 0 saturated carbocycles. The van der Waals surface area contributed by atoms with Crippen molar-refractivity contribution in [1.82, 2.24) is 15.5 Å². The SMILES string of the molecule is COc1ccc(OC)c(CNC(=O)c2nc(-c3oc4ccc(OC)cc4c3C)no2)c1. The number of aryl methyl sites for hydroxylation is 1. The highest BCUT2D eigenvalue weighted by molar-refractivity contribution is 5.91. The Morgan fingerprint density at radius 1 is 1.03 bits per heavy atom. The van der Waals surface area contributed by atoms with Gasteiger partial charge in [0.2, 0.25) is 5.82 Å². The first kappa shape index (κ1) is 20.3. The normalized spacial score (nSPS) is 10.8. The zero-order valence-corrected chi connectivity index (χ0v) is 17.5. The summed E-state index contributed by atoms with van der Waals surface area (Å²) in [6.07, 6.45) is 0. The molecule has 0 radical (unpaired) electrons. The zero-order chi connectivity index (χ0) is 22.0. The lowest BCUT2D eigenvalue weighted by atomic mass is 10.1. The summed E-state index contributed by atoms with van der Waals surface area (Å²) in [6.45, 7) is 2.08. The zero-order valence-electron chi connectivity index (χ0n) is 17.5. The number of carbonyl (C=O) groups excluding carboxylic acids is 1. The molecule has 0 aliphatic heterocycles. The van der Waals surface area contributed by atoms with Crippen molar-refractivity contribution in [3.63, 3.8) is 0 Å². The lowest BCUT2D eigenvalue weighted by Crippen LogP contribution is -2.23. The first-order chi connectivity index (χ1) is 15.0. The standard InChI is InChI=1S/C22H21N3O6/c1-12-16-10-15(28-3)6-8-18(16)30-19(12)20-24-22(31-25-20)21(26)23-11-13-9-14(27-2)5-7-17(13)29-4/h5-10H,11H2,1-4H3,(H,23,26). The van der Waals surface area contributed by atoms with E-state index in [1.54, 1.807) is 51.7 Å². The molecule has 9 heteroatoms. The molecule has 4 aromatic rings. The van der Waals surface area contributed by atoms with Gasteiger partial charge in [0.1, 0.15) is 22.8 Å². The van der Waals surface area contributed by atoms with Gasteiger partial charge in [0.15, 0.2) is 5.76 Å². The summed E-state index contributed by atoms with van der Waals surface area (Å²) in [4.78, 5) is 16.7. The van der Waals surface area contributed by atoms with Gasteiger partial charge in [-0.3, -0.25) is 4.79 Å². The Morgan fingerprint density at radius 3 is 2.52 bits per heavy atom. The van der Waals surface area contributed by atoms with Crippen LogP contribution in [-0.2, 0) is 6.54 Å². The third kappa shape index (κ3) is 3.89. The fourth-order valence-electron chi connectivity index (χ4n) is 3.22. The number of nitrogens with zero attached hydrogens (tertiary/aromatic N) is 2. The van der Waals surface area contributed by atoms with Crippen molar-refractivity contribution in [2.24, 2.45) is 0 Å². The Hall–Kier alpha value is -4.01. The summed E-state index contributed by atoms with van der Waals surface area (Å²) < 4.78 is 26.8. The highest BCUT2D eigenvalue weighted by Crippen LogP contribution is 2.33. The summed E-state index contributed by atoms with van der Waals surface area (Å²) in [5.41, 5.74) is 2.23. The average molecular weight is 423 g/mol. The Morgan fingerprint density at radius 2 is 1.77 bits per heavy atom. The number of fused-ring (bicyclic) bond motifs is 1. The molecule has 0 atom stereocenters. The van der Waals surface area contributed by atoms with E-state index < -0.39 is 5.91 Å². The maximum absolute atomic E-state index is 12.5. The third-order valence-corrected chi connectivity index (χ3v) is 4.89. The van der Waals surface area contributed by atoms with Crippen LogP contribution in [0.5, 0.6) is 17.2 Å². The van der Waals surface area contributed by atoms with E-state index >= 15 is 0 Å². The molecule has 0 bridgehead atoms. The smallest absolute Gasteiger partial charge is 0.316 e. The number of hydrogen-bond acceptors (Lipinski definition) is 8. The molecule has 0 unspecified atom stereocenters. The van der Waals surface area contributed by atoms with E-state index in [-0.39, 0.29) is 18.3 Å². The van der Waals surface area contributed by atoms with Gasteiger partial charge in [0.05, 0.1) is 21.3 Å². The van der Waals surface area contributed by atoms with Gasteiger partial charge in [-0.25, -0.2) is 0 Å². The summed E-state index contributed by atoms with van der Waals surface area (Å²) in [6, 6.07) is 10.8. The third-order valence-electron chi connectivity index (χ3n) is 4.89. The van der Waals surface area contributed by atoms with Gasteiger partial charge in [0.25, 0.3) is 0 Å². The second-order valence-electron chi connectivity index (χ2n) is 6.70. The molecule has 2 heterocycles. The lowest BCUT2D eigenvalue weighted by molar-refractivity contribution is 0.0906. The minimum atomic E-state index is -0.515. The van der Waals surface area contributed by atoms with Crippen molar-refractivity contribution in [2.45, 2.75) is 13.5 Å².